The number of nitrogens with one attached hydrogen (secondary N) is 1. The van der Waals surface area contributed by atoms with E-state index in [9.17, 15) is 9.59 Å². The van der Waals surface area contributed by atoms with Crippen molar-refractivity contribution >= 4 is 11.8 Å². The van der Waals surface area contributed by atoms with Gasteiger partial charge in [0.05, 0.1) is 13.1 Å². The first kappa shape index (κ1) is 16.7. The highest BCUT2D eigenvalue weighted by Gasteiger charge is 2.11. The molecular weight excluding hydrogens is 266 g/mol. The van der Waals surface area contributed by atoms with Gasteiger partial charge in [-0.3, -0.25) is 9.59 Å². The number of nitrogens with two attached hydrogens (primary N) is 1. The van der Waals surface area contributed by atoms with Crippen molar-refractivity contribution in [3.63, 3.8) is 0 Å². The van der Waals surface area contributed by atoms with Gasteiger partial charge < -0.3 is 16.0 Å². The molecule has 5 nitrogen and oxygen atoms in total. The average molecular weight is 287 g/mol. The van der Waals surface area contributed by atoms with Crippen molar-refractivity contribution in [3.8, 4) is 11.8 Å². The molecule has 1 aromatic carbocycles. The van der Waals surface area contributed by atoms with E-state index in [0.717, 1.165) is 5.56 Å². The Bertz CT molecular complexity index is 537. The number of benzene rings is 1. The van der Waals surface area contributed by atoms with Crippen LogP contribution in [-0.4, -0.2) is 42.9 Å². The van der Waals surface area contributed by atoms with E-state index in [-0.39, 0.29) is 18.4 Å². The zero-order chi connectivity index (χ0) is 15.7. The quantitative estimate of drug-likeness (QED) is 0.779. The van der Waals surface area contributed by atoms with Crippen molar-refractivity contribution in [3.05, 3.63) is 35.4 Å². The summed E-state index contributed by atoms with van der Waals surface area (Å²) in [4.78, 5) is 25.4. The molecule has 0 aliphatic heterocycles. The molecular formula is C16H21N3O2. The number of hydrogen-bond donors (Lipinski definition) is 2. The highest BCUT2D eigenvalue weighted by atomic mass is 16.2. The van der Waals surface area contributed by atoms with Crippen molar-refractivity contribution in [1.29, 1.82) is 0 Å². The summed E-state index contributed by atoms with van der Waals surface area (Å²) in [7, 11) is 0. The van der Waals surface area contributed by atoms with Gasteiger partial charge in [-0.15, -0.1) is 0 Å². The van der Waals surface area contributed by atoms with Crippen molar-refractivity contribution in [2.75, 3.05) is 26.2 Å². The molecule has 0 saturated heterocycles. The maximum absolute atomic E-state index is 11.9. The Morgan fingerprint density at radius 2 is 1.81 bits per heavy atom. The van der Waals surface area contributed by atoms with Crippen molar-refractivity contribution in [2.24, 2.45) is 5.73 Å². The molecule has 0 fully saturated rings. The van der Waals surface area contributed by atoms with E-state index in [0.29, 0.717) is 25.2 Å². The molecule has 2 amide bonds. The second kappa shape index (κ2) is 8.77. The molecule has 0 atom stereocenters. The summed E-state index contributed by atoms with van der Waals surface area (Å²) in [6, 6.07) is 6.86. The smallest absolute Gasteiger partial charge is 0.251 e. The molecule has 0 spiro atoms. The van der Waals surface area contributed by atoms with Gasteiger partial charge in [0.15, 0.2) is 0 Å². The van der Waals surface area contributed by atoms with E-state index in [2.05, 4.69) is 17.2 Å². The van der Waals surface area contributed by atoms with E-state index < -0.39 is 0 Å². The molecule has 21 heavy (non-hydrogen) atoms. The largest absolute Gasteiger partial charge is 0.343 e. The number of nitrogens with zero attached hydrogens (tertiary/aromatic N) is 1. The van der Waals surface area contributed by atoms with Crippen LogP contribution >= 0.6 is 0 Å². The molecule has 0 radical (unpaired) electrons. The molecule has 1 aromatic rings. The van der Waals surface area contributed by atoms with Gasteiger partial charge in [-0.05, 0) is 38.1 Å². The molecule has 1 rings (SSSR count). The highest BCUT2D eigenvalue weighted by Crippen LogP contribution is 2.03. The number of carbonyl (C=O) groups excluding carboxylic acids is 2. The van der Waals surface area contributed by atoms with Crippen LogP contribution in [0.3, 0.4) is 0 Å². The zero-order valence-corrected chi connectivity index (χ0v) is 12.5. The molecule has 0 bridgehead atoms. The van der Waals surface area contributed by atoms with Crippen molar-refractivity contribution in [2.45, 2.75) is 13.8 Å². The summed E-state index contributed by atoms with van der Waals surface area (Å²) >= 11 is 0. The number of likely N-dealkylation sites (N-methyl/N-ethyl adjacent to an activating group) is 1. The number of carbonyl (C=O) groups is 2. The van der Waals surface area contributed by atoms with Crippen LogP contribution in [0, 0.1) is 11.8 Å². The minimum Gasteiger partial charge on any atom is -0.343 e. The van der Waals surface area contributed by atoms with Gasteiger partial charge in [-0.1, -0.05) is 11.8 Å². The number of rotatable bonds is 5. The van der Waals surface area contributed by atoms with Gasteiger partial charge in [-0.2, -0.15) is 0 Å². The number of hydrogen-bond acceptors (Lipinski definition) is 3. The first-order chi connectivity index (χ1) is 10.1. The first-order valence-electron chi connectivity index (χ1n) is 6.97. The molecule has 0 unspecified atom stereocenters. The third-order valence-corrected chi connectivity index (χ3v) is 3.00. The summed E-state index contributed by atoms with van der Waals surface area (Å²) in [6.07, 6.45) is 0. The summed E-state index contributed by atoms with van der Waals surface area (Å²) in [5.41, 5.74) is 6.60. The molecule has 0 aliphatic carbocycles. The second-order valence-corrected chi connectivity index (χ2v) is 4.33. The van der Waals surface area contributed by atoms with Crippen LogP contribution in [0.5, 0.6) is 0 Å². The van der Waals surface area contributed by atoms with E-state index in [1.54, 1.807) is 29.2 Å². The molecule has 0 aliphatic rings. The van der Waals surface area contributed by atoms with Gasteiger partial charge in [0, 0.05) is 24.2 Å². The topological polar surface area (TPSA) is 75.4 Å². The van der Waals surface area contributed by atoms with Crippen molar-refractivity contribution < 1.29 is 9.59 Å². The molecule has 112 valence electrons. The summed E-state index contributed by atoms with van der Waals surface area (Å²) in [5, 5.41) is 2.62. The SMILES string of the molecule is CCN(CC)C(=O)CNC(=O)c1ccc(C#CCN)cc1. The summed E-state index contributed by atoms with van der Waals surface area (Å²) < 4.78 is 0. The Morgan fingerprint density at radius 1 is 1.19 bits per heavy atom. The molecule has 5 heteroatoms. The summed E-state index contributed by atoms with van der Waals surface area (Å²) in [5.74, 6) is 5.27. The van der Waals surface area contributed by atoms with E-state index in [4.69, 9.17) is 5.73 Å². The lowest BCUT2D eigenvalue weighted by molar-refractivity contribution is -0.129. The lowest BCUT2D eigenvalue weighted by Gasteiger charge is -2.18. The van der Waals surface area contributed by atoms with Crippen LogP contribution in [0.1, 0.15) is 29.8 Å². The Morgan fingerprint density at radius 3 is 2.33 bits per heavy atom. The minimum absolute atomic E-state index is 0.00917. The Balaban J connectivity index is 2.58. The van der Waals surface area contributed by atoms with Gasteiger partial charge >= 0.3 is 0 Å². The molecule has 0 saturated carbocycles. The predicted octanol–water partition coefficient (Wildman–Crippen LogP) is 0.595. The average Bonchev–Trinajstić information content (AvgIpc) is 2.52. The zero-order valence-electron chi connectivity index (χ0n) is 12.5. The van der Waals surface area contributed by atoms with Crippen LogP contribution in [0.4, 0.5) is 0 Å². The van der Waals surface area contributed by atoms with Crippen molar-refractivity contribution in [1.82, 2.24) is 10.2 Å². The lowest BCUT2D eigenvalue weighted by atomic mass is 10.1. The maximum Gasteiger partial charge on any atom is 0.251 e. The third-order valence-electron chi connectivity index (χ3n) is 3.00. The van der Waals surface area contributed by atoms with E-state index in [1.165, 1.54) is 0 Å². The van der Waals surface area contributed by atoms with Crippen LogP contribution in [0.15, 0.2) is 24.3 Å². The van der Waals surface area contributed by atoms with Gasteiger partial charge in [0.25, 0.3) is 5.91 Å². The highest BCUT2D eigenvalue weighted by molar-refractivity contribution is 5.96. The standard InChI is InChI=1S/C16H21N3O2/c1-3-19(4-2)15(20)12-18-16(21)14-9-7-13(8-10-14)6-5-11-17/h7-10H,3-4,11-12,17H2,1-2H3,(H,18,21). The van der Waals surface area contributed by atoms with Crippen LogP contribution in [0.25, 0.3) is 0 Å². The molecule has 3 N–H and O–H groups in total. The van der Waals surface area contributed by atoms with Gasteiger partial charge in [0.1, 0.15) is 0 Å². The first-order valence-corrected chi connectivity index (χ1v) is 6.97. The molecule has 0 heterocycles. The van der Waals surface area contributed by atoms with E-state index in [1.807, 2.05) is 13.8 Å². The van der Waals surface area contributed by atoms with Gasteiger partial charge in [0.2, 0.25) is 5.91 Å². The second-order valence-electron chi connectivity index (χ2n) is 4.33. The monoisotopic (exact) mass is 287 g/mol. The summed E-state index contributed by atoms with van der Waals surface area (Å²) in [6.45, 7) is 5.40. The predicted molar refractivity (Wildman–Crippen MR) is 82.6 cm³/mol. The van der Waals surface area contributed by atoms with E-state index >= 15 is 0 Å². The van der Waals surface area contributed by atoms with Gasteiger partial charge in [-0.25, -0.2) is 0 Å². The van der Waals surface area contributed by atoms with Crippen LogP contribution in [-0.2, 0) is 4.79 Å². The Kier molecular flexibility index (Phi) is 6.99. The fourth-order valence-corrected chi connectivity index (χ4v) is 1.80. The normalized spacial score (nSPS) is 9.48. The number of amides is 2. The minimum atomic E-state index is -0.270. The fraction of sp³-hybridized carbons (Fsp3) is 0.375. The Labute approximate surface area is 125 Å². The molecule has 0 aromatic heterocycles. The fourth-order valence-electron chi connectivity index (χ4n) is 1.80. The maximum atomic E-state index is 11.9. The Hall–Kier alpha value is -2.32. The van der Waals surface area contributed by atoms with Crippen LogP contribution < -0.4 is 11.1 Å². The third kappa shape index (κ3) is 5.28. The lowest BCUT2D eigenvalue weighted by Crippen LogP contribution is -2.39. The van der Waals surface area contributed by atoms with Crippen LogP contribution in [0.2, 0.25) is 0 Å².